The fourth-order valence-corrected chi connectivity index (χ4v) is 0.730. The van der Waals surface area contributed by atoms with Gasteiger partial charge in [0, 0.05) is 12.4 Å². The third-order valence-corrected chi connectivity index (χ3v) is 1.42. The highest BCUT2D eigenvalue weighted by molar-refractivity contribution is 6.45. The van der Waals surface area contributed by atoms with Gasteiger partial charge in [-0.05, 0) is 26.0 Å². The molecule has 0 bridgehead atoms. The molecule has 0 saturated heterocycles. The zero-order valence-electron chi connectivity index (χ0n) is 10.8. The van der Waals surface area contributed by atoms with Crippen molar-refractivity contribution in [3.05, 3.63) is 49.9 Å². The molecular weight excluding hydrogens is 196 g/mol. The van der Waals surface area contributed by atoms with Crippen molar-refractivity contribution in [3.63, 3.8) is 0 Å². The number of aliphatic imine (C=N–C) groups is 2. The molecule has 0 unspecified atom stereocenters. The predicted molar refractivity (Wildman–Crippen MR) is 76.2 cm³/mol. The number of hydrogen-bond donors (Lipinski definition) is 0. The van der Waals surface area contributed by atoms with E-state index in [1.807, 2.05) is 33.8 Å². The van der Waals surface area contributed by atoms with E-state index < -0.39 is 0 Å². The summed E-state index contributed by atoms with van der Waals surface area (Å²) in [5.41, 5.74) is 1.60. The van der Waals surface area contributed by atoms with Gasteiger partial charge in [0.2, 0.25) is 0 Å². The minimum atomic E-state index is 0.775. The van der Waals surface area contributed by atoms with Crippen LogP contribution in [0.5, 0.6) is 0 Å². The lowest BCUT2D eigenvalue weighted by atomic mass is 10.2. The van der Waals surface area contributed by atoms with Gasteiger partial charge in [0.1, 0.15) is 0 Å². The molecule has 0 aromatic rings. The van der Waals surface area contributed by atoms with Crippen molar-refractivity contribution in [1.82, 2.24) is 0 Å². The van der Waals surface area contributed by atoms with E-state index in [1.165, 1.54) is 0 Å². The molecule has 0 heterocycles. The SMILES string of the molecule is C=C/C=C\N=C(C)C(C=C)=N/C=C\C.CC. The summed E-state index contributed by atoms with van der Waals surface area (Å²) in [6.45, 7) is 15.0. The van der Waals surface area contributed by atoms with Crippen LogP contribution in [0.3, 0.4) is 0 Å². The Morgan fingerprint density at radius 3 is 2.12 bits per heavy atom. The summed E-state index contributed by atoms with van der Waals surface area (Å²) in [5.74, 6) is 0. The molecule has 2 heteroatoms. The molecule has 0 radical (unpaired) electrons. The minimum absolute atomic E-state index is 0.775. The first-order valence-electron chi connectivity index (χ1n) is 5.40. The minimum Gasteiger partial charge on any atom is -0.259 e. The first kappa shape index (κ1) is 16.7. The highest BCUT2D eigenvalue weighted by Crippen LogP contribution is 1.90. The summed E-state index contributed by atoms with van der Waals surface area (Å²) in [6.07, 6.45) is 10.4. The molecule has 0 aliphatic heterocycles. The van der Waals surface area contributed by atoms with E-state index in [2.05, 4.69) is 23.1 Å². The van der Waals surface area contributed by atoms with E-state index >= 15 is 0 Å². The number of allylic oxidation sites excluding steroid dienone is 4. The van der Waals surface area contributed by atoms with Gasteiger partial charge < -0.3 is 0 Å². The van der Waals surface area contributed by atoms with Gasteiger partial charge in [-0.1, -0.05) is 39.2 Å². The zero-order valence-corrected chi connectivity index (χ0v) is 10.8. The van der Waals surface area contributed by atoms with Crippen LogP contribution in [-0.4, -0.2) is 11.4 Å². The van der Waals surface area contributed by atoms with Crippen LogP contribution >= 0.6 is 0 Å². The third kappa shape index (κ3) is 8.88. The first-order chi connectivity index (χ1) is 7.76. The lowest BCUT2D eigenvalue weighted by molar-refractivity contribution is 1.50. The zero-order chi connectivity index (χ0) is 12.8. The van der Waals surface area contributed by atoms with Gasteiger partial charge in [-0.15, -0.1) is 0 Å². The average molecular weight is 218 g/mol. The molecule has 0 rings (SSSR count). The van der Waals surface area contributed by atoms with E-state index in [4.69, 9.17) is 0 Å². The number of rotatable bonds is 5. The van der Waals surface area contributed by atoms with Crippen LogP contribution in [0.2, 0.25) is 0 Å². The summed E-state index contributed by atoms with van der Waals surface area (Å²) < 4.78 is 0. The Morgan fingerprint density at radius 1 is 1.06 bits per heavy atom. The van der Waals surface area contributed by atoms with Gasteiger partial charge in [-0.25, -0.2) is 0 Å². The highest BCUT2D eigenvalue weighted by Gasteiger charge is 1.94. The van der Waals surface area contributed by atoms with Crippen molar-refractivity contribution < 1.29 is 0 Å². The molecular formula is C14H22N2. The predicted octanol–water partition coefficient (Wildman–Crippen LogP) is 4.33. The standard InChI is InChI=1S/C12H16N2.C2H6/c1-5-8-10-13-11(4)12(7-3)14-9-6-2;1-2/h5-10H,1,3H2,2,4H3;1-2H3/b9-6-,10-8-,13-11?,14-12?;. The van der Waals surface area contributed by atoms with Crippen LogP contribution in [0.4, 0.5) is 0 Å². The molecule has 0 spiro atoms. The van der Waals surface area contributed by atoms with E-state index in [1.54, 1.807) is 30.6 Å². The maximum atomic E-state index is 4.17. The second kappa shape index (κ2) is 13.3. The first-order valence-corrected chi connectivity index (χ1v) is 5.40. The van der Waals surface area contributed by atoms with Gasteiger partial charge in [0.15, 0.2) is 0 Å². The molecule has 0 aliphatic rings. The van der Waals surface area contributed by atoms with Crippen molar-refractivity contribution in [1.29, 1.82) is 0 Å². The van der Waals surface area contributed by atoms with Crippen LogP contribution in [0.1, 0.15) is 27.7 Å². The molecule has 16 heavy (non-hydrogen) atoms. The van der Waals surface area contributed by atoms with Crippen LogP contribution < -0.4 is 0 Å². The molecule has 0 fully saturated rings. The Morgan fingerprint density at radius 2 is 1.69 bits per heavy atom. The van der Waals surface area contributed by atoms with Crippen molar-refractivity contribution in [2.45, 2.75) is 27.7 Å². The normalized spacial score (nSPS) is 12.5. The summed E-state index contributed by atoms with van der Waals surface area (Å²) in [5, 5.41) is 0. The fourth-order valence-electron chi connectivity index (χ4n) is 0.730. The second-order valence-corrected chi connectivity index (χ2v) is 2.49. The molecule has 0 aromatic carbocycles. The Hall–Kier alpha value is -1.70. The highest BCUT2D eigenvalue weighted by atomic mass is 14.8. The maximum Gasteiger partial charge on any atom is 0.0835 e. The van der Waals surface area contributed by atoms with Crippen molar-refractivity contribution in [2.75, 3.05) is 0 Å². The largest absolute Gasteiger partial charge is 0.259 e. The monoisotopic (exact) mass is 218 g/mol. The van der Waals surface area contributed by atoms with Gasteiger partial charge >= 0.3 is 0 Å². The van der Waals surface area contributed by atoms with Gasteiger partial charge in [-0.2, -0.15) is 0 Å². The lowest BCUT2D eigenvalue weighted by Gasteiger charge is -1.95. The Labute approximate surface area is 99.5 Å². The van der Waals surface area contributed by atoms with Crippen molar-refractivity contribution in [3.8, 4) is 0 Å². The maximum absolute atomic E-state index is 4.17. The quantitative estimate of drug-likeness (QED) is 0.484. The van der Waals surface area contributed by atoms with Gasteiger partial charge in [0.05, 0.1) is 11.4 Å². The molecule has 0 saturated carbocycles. The van der Waals surface area contributed by atoms with E-state index in [0.29, 0.717) is 0 Å². The topological polar surface area (TPSA) is 24.7 Å². The lowest BCUT2D eigenvalue weighted by Crippen LogP contribution is -2.05. The van der Waals surface area contributed by atoms with E-state index in [0.717, 1.165) is 11.4 Å². The Kier molecular flexibility index (Phi) is 13.9. The van der Waals surface area contributed by atoms with Gasteiger partial charge in [-0.3, -0.25) is 9.98 Å². The molecule has 2 nitrogen and oxygen atoms in total. The molecule has 0 aliphatic carbocycles. The van der Waals surface area contributed by atoms with Gasteiger partial charge in [0.25, 0.3) is 0 Å². The average Bonchev–Trinajstić information content (AvgIpc) is 2.33. The third-order valence-electron chi connectivity index (χ3n) is 1.42. The molecule has 88 valence electrons. The Balaban J connectivity index is 0. The van der Waals surface area contributed by atoms with Crippen LogP contribution in [0.15, 0.2) is 59.8 Å². The van der Waals surface area contributed by atoms with Crippen molar-refractivity contribution >= 4 is 11.4 Å². The summed E-state index contributed by atoms with van der Waals surface area (Å²) in [4.78, 5) is 8.33. The summed E-state index contributed by atoms with van der Waals surface area (Å²) in [7, 11) is 0. The van der Waals surface area contributed by atoms with Crippen molar-refractivity contribution in [2.24, 2.45) is 9.98 Å². The smallest absolute Gasteiger partial charge is 0.0835 e. The number of hydrogen-bond acceptors (Lipinski definition) is 2. The van der Waals surface area contributed by atoms with Crippen LogP contribution in [-0.2, 0) is 0 Å². The molecule has 0 aromatic heterocycles. The van der Waals surface area contributed by atoms with Crippen LogP contribution in [0, 0.1) is 0 Å². The molecule has 0 amide bonds. The fraction of sp³-hybridized carbons (Fsp3) is 0.286. The Bertz CT molecular complexity index is 305. The molecule has 0 atom stereocenters. The number of nitrogens with zero attached hydrogens (tertiary/aromatic N) is 2. The second-order valence-electron chi connectivity index (χ2n) is 2.49. The van der Waals surface area contributed by atoms with Crippen LogP contribution in [0.25, 0.3) is 0 Å². The summed E-state index contributed by atoms with van der Waals surface area (Å²) in [6, 6.07) is 0. The molecule has 0 N–H and O–H groups in total. The summed E-state index contributed by atoms with van der Waals surface area (Å²) >= 11 is 0. The van der Waals surface area contributed by atoms with E-state index in [-0.39, 0.29) is 0 Å². The van der Waals surface area contributed by atoms with E-state index in [9.17, 15) is 0 Å².